The minimum atomic E-state index is -0.0346. The summed E-state index contributed by atoms with van der Waals surface area (Å²) in [5.74, 6) is 1.64. The zero-order chi connectivity index (χ0) is 23.7. The van der Waals surface area contributed by atoms with Gasteiger partial charge < -0.3 is 40.3 Å². The van der Waals surface area contributed by atoms with Crippen molar-refractivity contribution in [3.63, 3.8) is 0 Å². The van der Waals surface area contributed by atoms with Gasteiger partial charge in [-0.3, -0.25) is 4.79 Å². The molecule has 3 aliphatic rings. The normalized spacial score (nSPS) is 27.3. The molecule has 0 bridgehead atoms. The fraction of sp³-hybridized carbons (Fsp3) is 0.567. The highest BCUT2D eigenvalue weighted by Gasteiger charge is 2.56. The van der Waals surface area contributed by atoms with Crippen molar-refractivity contribution < 1.29 is 40.2 Å². The number of aryl methyl sites for hydroxylation is 1. The van der Waals surface area contributed by atoms with Crippen molar-refractivity contribution in [3.05, 3.63) is 70.8 Å². The summed E-state index contributed by atoms with van der Waals surface area (Å²) in [6.45, 7) is 11.7. The van der Waals surface area contributed by atoms with Crippen LogP contribution >= 0.6 is 0 Å². The number of rotatable bonds is 5. The minimum Gasteiger partial charge on any atom is -1.00 e. The van der Waals surface area contributed by atoms with Gasteiger partial charge in [0.2, 0.25) is 5.91 Å². The molecular formula is C30H43Cl2N3O. The third-order valence-corrected chi connectivity index (χ3v) is 9.34. The third-order valence-electron chi connectivity index (χ3n) is 9.34. The lowest BCUT2D eigenvalue weighted by Crippen LogP contribution is -3.00. The summed E-state index contributed by atoms with van der Waals surface area (Å²) in [6.07, 6.45) is 4.47. The van der Waals surface area contributed by atoms with Crippen molar-refractivity contribution >= 4 is 5.91 Å². The average Bonchev–Trinajstić information content (AvgIpc) is 3.28. The van der Waals surface area contributed by atoms with Gasteiger partial charge in [-0.15, -0.1) is 0 Å². The molecule has 0 saturated carbocycles. The Morgan fingerprint density at radius 3 is 2.50 bits per heavy atom. The summed E-state index contributed by atoms with van der Waals surface area (Å²) in [6, 6.07) is 18.3. The maximum absolute atomic E-state index is 14.4. The van der Waals surface area contributed by atoms with Crippen LogP contribution in [0.15, 0.2) is 48.5 Å². The van der Waals surface area contributed by atoms with Gasteiger partial charge in [-0.25, -0.2) is 0 Å². The van der Waals surface area contributed by atoms with E-state index in [0.717, 1.165) is 58.4 Å². The van der Waals surface area contributed by atoms with Crippen LogP contribution in [0, 0.1) is 18.8 Å². The highest BCUT2D eigenvalue weighted by molar-refractivity contribution is 5.82. The zero-order valence-corrected chi connectivity index (χ0v) is 23.6. The van der Waals surface area contributed by atoms with Crippen molar-refractivity contribution in [2.24, 2.45) is 11.8 Å². The number of likely N-dealkylation sites (tertiary alicyclic amines) is 1. The van der Waals surface area contributed by atoms with E-state index >= 15 is 0 Å². The van der Waals surface area contributed by atoms with Gasteiger partial charge in [0.15, 0.2) is 0 Å². The topological polar surface area (TPSA) is 53.5 Å². The second kappa shape index (κ2) is 12.3. The first-order valence-corrected chi connectivity index (χ1v) is 13.7. The van der Waals surface area contributed by atoms with Crippen molar-refractivity contribution in [2.75, 3.05) is 26.2 Å². The molecule has 4 atom stereocenters. The highest BCUT2D eigenvalue weighted by Crippen LogP contribution is 2.41. The summed E-state index contributed by atoms with van der Waals surface area (Å²) >= 11 is 0. The number of halogens is 2. The lowest BCUT2D eigenvalue weighted by Gasteiger charge is -2.46. The summed E-state index contributed by atoms with van der Waals surface area (Å²) < 4.78 is 0. The molecule has 5 rings (SSSR count). The van der Waals surface area contributed by atoms with Gasteiger partial charge in [-0.1, -0.05) is 80.8 Å². The molecule has 2 aromatic rings. The SMILES string of the molecule is CCC(CC)[C@@H]1C[C@H](c2ccccc2)CCN1C(=O)[C@H]1C[NH2+]C[C@@]12C[NH2+]Cc1cc(C)ccc12.[Cl-].[Cl-]. The van der Waals surface area contributed by atoms with Crippen LogP contribution in [-0.2, 0) is 16.8 Å². The maximum Gasteiger partial charge on any atom is 0.233 e. The van der Waals surface area contributed by atoms with Gasteiger partial charge in [0, 0.05) is 18.2 Å². The summed E-state index contributed by atoms with van der Waals surface area (Å²) in [7, 11) is 0. The van der Waals surface area contributed by atoms with E-state index in [9.17, 15) is 4.79 Å². The Hall–Kier alpha value is -1.59. The molecule has 2 fully saturated rings. The molecule has 2 aromatic carbocycles. The quantitative estimate of drug-likeness (QED) is 0.417. The van der Waals surface area contributed by atoms with E-state index in [1.54, 1.807) is 0 Å². The fourth-order valence-electron chi connectivity index (χ4n) is 7.49. The largest absolute Gasteiger partial charge is 1.00 e. The van der Waals surface area contributed by atoms with E-state index in [1.165, 1.54) is 22.3 Å². The number of nitrogens with zero attached hydrogens (tertiary/aromatic N) is 1. The average molecular weight is 533 g/mol. The van der Waals surface area contributed by atoms with Crippen LogP contribution in [0.1, 0.15) is 67.7 Å². The number of benzene rings is 2. The van der Waals surface area contributed by atoms with Crippen LogP contribution in [-0.4, -0.2) is 43.0 Å². The molecule has 0 radical (unpaired) electrons. The number of piperidine rings is 1. The van der Waals surface area contributed by atoms with Gasteiger partial charge in [-0.2, -0.15) is 0 Å². The van der Waals surface area contributed by atoms with Crippen LogP contribution in [0.2, 0.25) is 0 Å². The monoisotopic (exact) mass is 531 g/mol. The van der Waals surface area contributed by atoms with Crippen LogP contribution in [0.4, 0.5) is 0 Å². The number of carbonyl (C=O) groups is 1. The molecule has 4 nitrogen and oxygen atoms in total. The van der Waals surface area contributed by atoms with E-state index < -0.39 is 0 Å². The van der Waals surface area contributed by atoms with Crippen molar-refractivity contribution in [1.29, 1.82) is 0 Å². The lowest BCUT2D eigenvalue weighted by atomic mass is 9.67. The number of amides is 1. The number of fused-ring (bicyclic) bond motifs is 2. The Bertz CT molecular complexity index is 1010. The Morgan fingerprint density at radius 1 is 1.06 bits per heavy atom. The molecule has 0 aliphatic carbocycles. The van der Waals surface area contributed by atoms with Gasteiger partial charge in [-0.05, 0) is 42.7 Å². The molecule has 4 N–H and O–H groups in total. The predicted molar refractivity (Wildman–Crippen MR) is 136 cm³/mol. The first kappa shape index (κ1) is 29.0. The standard InChI is InChI=1S/C30H41N3O.2ClH/c1-4-22(5-2)28-16-24(23-9-7-6-8-10-23)13-14-33(28)29(34)27-18-32-20-30(27)19-31-17-25-15-21(3)11-12-26(25)30;;/h6-12,15,22,24,27-28,31-32H,4-5,13-14,16-20H2,1-3H3;2*1H/t24-,27-,28+,30-;;/m1../s1. The Balaban J connectivity index is 0.00000180. The summed E-state index contributed by atoms with van der Waals surface area (Å²) in [4.78, 5) is 16.8. The molecule has 6 heteroatoms. The Morgan fingerprint density at radius 2 is 1.78 bits per heavy atom. The van der Waals surface area contributed by atoms with Crippen molar-refractivity contribution in [2.45, 2.75) is 70.4 Å². The molecule has 1 spiro atoms. The number of nitrogens with two attached hydrogens (primary N) is 2. The van der Waals surface area contributed by atoms with Crippen LogP contribution in [0.3, 0.4) is 0 Å². The molecule has 0 aromatic heterocycles. The third kappa shape index (κ3) is 5.20. The molecule has 3 aliphatic heterocycles. The number of hydrogen-bond acceptors (Lipinski definition) is 1. The van der Waals surface area contributed by atoms with E-state index in [4.69, 9.17) is 0 Å². The minimum absolute atomic E-state index is 0. The molecule has 0 unspecified atom stereocenters. The molecular weight excluding hydrogens is 489 g/mol. The Labute approximate surface area is 229 Å². The van der Waals surface area contributed by atoms with Gasteiger partial charge in [0.05, 0.1) is 19.6 Å². The summed E-state index contributed by atoms with van der Waals surface area (Å²) in [5.41, 5.74) is 5.63. The van der Waals surface area contributed by atoms with Crippen LogP contribution in [0.5, 0.6) is 0 Å². The van der Waals surface area contributed by atoms with Gasteiger partial charge in [0.25, 0.3) is 0 Å². The number of hydrogen-bond donors (Lipinski definition) is 2. The van der Waals surface area contributed by atoms with E-state index in [2.05, 4.69) is 84.8 Å². The van der Waals surface area contributed by atoms with Gasteiger partial charge in [0.1, 0.15) is 17.9 Å². The first-order chi connectivity index (χ1) is 16.6. The second-order valence-corrected chi connectivity index (χ2v) is 11.1. The first-order valence-electron chi connectivity index (χ1n) is 13.7. The molecule has 198 valence electrons. The molecule has 1 amide bonds. The van der Waals surface area contributed by atoms with Crippen LogP contribution in [0.25, 0.3) is 0 Å². The molecule has 36 heavy (non-hydrogen) atoms. The van der Waals surface area contributed by atoms with E-state index in [-0.39, 0.29) is 36.1 Å². The maximum atomic E-state index is 14.4. The van der Waals surface area contributed by atoms with E-state index in [1.807, 2.05) is 0 Å². The second-order valence-electron chi connectivity index (χ2n) is 11.1. The van der Waals surface area contributed by atoms with Gasteiger partial charge >= 0.3 is 0 Å². The van der Waals surface area contributed by atoms with Crippen LogP contribution < -0.4 is 35.4 Å². The Kier molecular flexibility index (Phi) is 9.90. The van der Waals surface area contributed by atoms with Crippen molar-refractivity contribution in [3.8, 4) is 0 Å². The number of quaternary nitrogens is 2. The molecule has 3 heterocycles. The predicted octanol–water partition coefficient (Wildman–Crippen LogP) is -3.28. The lowest BCUT2D eigenvalue weighted by molar-refractivity contribution is -0.691. The fourth-order valence-corrected chi connectivity index (χ4v) is 7.49. The van der Waals surface area contributed by atoms with Crippen molar-refractivity contribution in [1.82, 2.24) is 4.90 Å². The molecule has 2 saturated heterocycles. The summed E-state index contributed by atoms with van der Waals surface area (Å²) in [5, 5.41) is 4.86. The smallest absolute Gasteiger partial charge is 0.233 e. The number of carbonyl (C=O) groups excluding carboxylic acids is 1. The highest BCUT2D eigenvalue weighted by atomic mass is 35.5. The van der Waals surface area contributed by atoms with E-state index in [0.29, 0.717) is 23.8 Å². The zero-order valence-electron chi connectivity index (χ0n) is 22.1.